The van der Waals surface area contributed by atoms with Gasteiger partial charge in [-0.05, 0) is 20.9 Å². The zero-order chi connectivity index (χ0) is 8.81. The van der Waals surface area contributed by atoms with Gasteiger partial charge in [0.05, 0.1) is 0 Å². The number of nitrogens with two attached hydrogens (primary N) is 2. The third-order valence-corrected chi connectivity index (χ3v) is 0.723. The number of tetrazole rings is 2. The Hall–Kier alpha value is -2.30. The zero-order valence-electron chi connectivity index (χ0n) is 6.55. The Morgan fingerprint density at radius 1 is 0.846 bits per heavy atom. The summed E-state index contributed by atoms with van der Waals surface area (Å²) >= 11 is 0. The minimum absolute atomic E-state index is 0. The van der Waals surface area contributed by atoms with Gasteiger partial charge < -0.3 is 17.6 Å². The zero-order valence-corrected chi connectivity index (χ0v) is 6.55. The lowest BCUT2D eigenvalue weighted by Gasteiger charge is -1.65. The third kappa shape index (κ3) is 4.20. The van der Waals surface area contributed by atoms with Crippen LogP contribution in [0.4, 0.5) is 11.9 Å². The van der Waals surface area contributed by atoms with E-state index in [1.165, 1.54) is 0 Å². The third-order valence-electron chi connectivity index (χ3n) is 0.723. The fourth-order valence-electron chi connectivity index (χ4n) is 0.333. The molecule has 0 unspecified atom stereocenters. The van der Waals surface area contributed by atoms with Gasteiger partial charge in [-0.2, -0.15) is 0 Å². The van der Waals surface area contributed by atoms with Crippen LogP contribution in [0, 0.1) is 0 Å². The minimum atomic E-state index is 0. The molecular formula is C2H9N11. The van der Waals surface area contributed by atoms with Gasteiger partial charge in [-0.3, -0.25) is 0 Å². The Balaban J connectivity index is 0.000000206. The molecule has 0 bridgehead atoms. The highest BCUT2D eigenvalue weighted by Crippen LogP contribution is 1.72. The van der Waals surface area contributed by atoms with E-state index in [1.807, 2.05) is 0 Å². The lowest BCUT2D eigenvalue weighted by molar-refractivity contribution is 0.881. The van der Waals surface area contributed by atoms with Crippen molar-refractivity contribution in [2.45, 2.75) is 0 Å². The molecule has 11 heteroatoms. The average molecular weight is 187 g/mol. The number of aromatic nitrogens is 8. The molecule has 11 nitrogen and oxygen atoms in total. The lowest BCUT2D eigenvalue weighted by Crippen LogP contribution is -1.84. The van der Waals surface area contributed by atoms with Crippen molar-refractivity contribution in [2.75, 3.05) is 11.5 Å². The second-order valence-electron chi connectivity index (χ2n) is 1.57. The predicted molar refractivity (Wildman–Crippen MR) is 42.2 cm³/mol. The van der Waals surface area contributed by atoms with E-state index in [2.05, 4.69) is 41.2 Å². The summed E-state index contributed by atoms with van der Waals surface area (Å²) < 4.78 is 0. The average Bonchev–Trinajstić information content (AvgIpc) is 2.63. The van der Waals surface area contributed by atoms with Crippen LogP contribution >= 0.6 is 0 Å². The molecule has 0 aromatic carbocycles. The van der Waals surface area contributed by atoms with Crippen LogP contribution in [0.3, 0.4) is 0 Å². The number of nitrogen functional groups attached to an aromatic ring is 2. The molecule has 0 saturated heterocycles. The molecule has 72 valence electrons. The largest absolute Gasteiger partial charge is 0.367 e. The quantitative estimate of drug-likeness (QED) is 0.301. The number of hydrogen-bond donors (Lipinski definition) is 5. The SMILES string of the molecule is N.Nc1nnn[nH]1.Nc1nnn[nH]1. The molecule has 0 aliphatic carbocycles. The van der Waals surface area contributed by atoms with Gasteiger partial charge in [-0.1, -0.05) is 10.2 Å². The van der Waals surface area contributed by atoms with Gasteiger partial charge in [0.25, 0.3) is 0 Å². The van der Waals surface area contributed by atoms with Crippen molar-refractivity contribution < 1.29 is 0 Å². The van der Waals surface area contributed by atoms with E-state index >= 15 is 0 Å². The van der Waals surface area contributed by atoms with Gasteiger partial charge in [0.1, 0.15) is 0 Å². The topological polar surface area (TPSA) is 196 Å². The molecule has 9 N–H and O–H groups in total. The Labute approximate surface area is 71.9 Å². The van der Waals surface area contributed by atoms with Crippen LogP contribution in [0.2, 0.25) is 0 Å². The molecule has 2 rings (SSSR count). The van der Waals surface area contributed by atoms with Gasteiger partial charge in [-0.15, -0.1) is 0 Å². The molecular weight excluding hydrogens is 178 g/mol. The number of anilines is 2. The van der Waals surface area contributed by atoms with Crippen molar-refractivity contribution in [3.8, 4) is 0 Å². The Morgan fingerprint density at radius 2 is 1.23 bits per heavy atom. The molecule has 2 aromatic rings. The number of hydrogen-bond acceptors (Lipinski definition) is 9. The van der Waals surface area contributed by atoms with Crippen LogP contribution in [0.25, 0.3) is 0 Å². The Kier molecular flexibility index (Phi) is 4.41. The van der Waals surface area contributed by atoms with E-state index in [0.29, 0.717) is 0 Å². The van der Waals surface area contributed by atoms with E-state index in [1.54, 1.807) is 0 Å². The molecule has 2 heterocycles. The van der Waals surface area contributed by atoms with Gasteiger partial charge in [0, 0.05) is 0 Å². The Bertz CT molecular complexity index is 247. The highest BCUT2D eigenvalue weighted by atomic mass is 15.5. The first-order valence-corrected chi connectivity index (χ1v) is 2.77. The fourth-order valence-corrected chi connectivity index (χ4v) is 0.333. The molecule has 0 spiro atoms. The first-order chi connectivity index (χ1) is 5.79. The molecule has 0 fully saturated rings. The summed E-state index contributed by atoms with van der Waals surface area (Å²) in [6, 6.07) is 0. The highest BCUT2D eigenvalue weighted by molar-refractivity contribution is 5.05. The van der Waals surface area contributed by atoms with Crippen molar-refractivity contribution in [1.82, 2.24) is 47.4 Å². The molecule has 0 amide bonds. The molecule has 13 heavy (non-hydrogen) atoms. The van der Waals surface area contributed by atoms with Crippen LogP contribution < -0.4 is 17.6 Å². The van der Waals surface area contributed by atoms with Crippen LogP contribution in [0.1, 0.15) is 0 Å². The van der Waals surface area contributed by atoms with Crippen molar-refractivity contribution in [3.63, 3.8) is 0 Å². The van der Waals surface area contributed by atoms with Crippen LogP contribution in [-0.4, -0.2) is 41.2 Å². The van der Waals surface area contributed by atoms with E-state index in [4.69, 9.17) is 11.5 Å². The number of rotatable bonds is 0. The second-order valence-corrected chi connectivity index (χ2v) is 1.57. The van der Waals surface area contributed by atoms with Gasteiger partial charge >= 0.3 is 0 Å². The molecule has 2 aromatic heterocycles. The monoisotopic (exact) mass is 187 g/mol. The van der Waals surface area contributed by atoms with Crippen LogP contribution in [-0.2, 0) is 0 Å². The molecule has 0 saturated carbocycles. The Morgan fingerprint density at radius 3 is 1.31 bits per heavy atom. The van der Waals surface area contributed by atoms with Crippen molar-refractivity contribution >= 4 is 11.9 Å². The highest BCUT2D eigenvalue weighted by Gasteiger charge is 1.78. The van der Waals surface area contributed by atoms with Crippen LogP contribution in [0.15, 0.2) is 0 Å². The summed E-state index contributed by atoms with van der Waals surface area (Å²) in [7, 11) is 0. The van der Waals surface area contributed by atoms with Crippen LogP contribution in [0.5, 0.6) is 0 Å². The number of nitrogens with zero attached hydrogens (tertiary/aromatic N) is 6. The summed E-state index contributed by atoms with van der Waals surface area (Å²) in [5.41, 5.74) is 9.97. The predicted octanol–water partition coefficient (Wildman–Crippen LogP) is -2.27. The first-order valence-electron chi connectivity index (χ1n) is 2.77. The van der Waals surface area contributed by atoms with Gasteiger partial charge in [-0.25, -0.2) is 10.2 Å². The second kappa shape index (κ2) is 5.36. The number of nitrogens with one attached hydrogen (secondary N) is 2. The minimum Gasteiger partial charge on any atom is -0.367 e. The maximum absolute atomic E-state index is 4.99. The summed E-state index contributed by atoms with van der Waals surface area (Å²) in [5, 5.41) is 23.9. The summed E-state index contributed by atoms with van der Waals surface area (Å²) in [5.74, 6) is 0.491. The van der Waals surface area contributed by atoms with E-state index in [9.17, 15) is 0 Å². The molecule has 0 radical (unpaired) electrons. The smallest absolute Gasteiger partial charge is 0.237 e. The van der Waals surface area contributed by atoms with Gasteiger partial charge in [0.15, 0.2) is 0 Å². The van der Waals surface area contributed by atoms with E-state index in [0.717, 1.165) is 0 Å². The number of H-pyrrole nitrogens is 2. The maximum Gasteiger partial charge on any atom is 0.237 e. The van der Waals surface area contributed by atoms with Crippen molar-refractivity contribution in [3.05, 3.63) is 0 Å². The number of aromatic amines is 2. The van der Waals surface area contributed by atoms with E-state index in [-0.39, 0.29) is 18.0 Å². The van der Waals surface area contributed by atoms with E-state index < -0.39 is 0 Å². The van der Waals surface area contributed by atoms with Crippen molar-refractivity contribution in [1.29, 1.82) is 0 Å². The summed E-state index contributed by atoms with van der Waals surface area (Å²) in [6.45, 7) is 0. The first kappa shape index (κ1) is 10.7. The normalized spacial score (nSPS) is 8.00. The standard InChI is InChI=1S/2CH3N5.H3N/c2*2-1-3-5-6-4-1;/h2*(H3,2,3,4,5,6);1H3. The molecule has 0 atom stereocenters. The van der Waals surface area contributed by atoms with Crippen molar-refractivity contribution in [2.24, 2.45) is 0 Å². The molecule has 0 aliphatic heterocycles. The summed E-state index contributed by atoms with van der Waals surface area (Å²) in [6.07, 6.45) is 0. The summed E-state index contributed by atoms with van der Waals surface area (Å²) in [4.78, 5) is 0. The maximum atomic E-state index is 4.99. The van der Waals surface area contributed by atoms with Gasteiger partial charge in [0.2, 0.25) is 11.9 Å². The lowest BCUT2D eigenvalue weighted by atomic mass is 11.2. The fraction of sp³-hybridized carbons (Fsp3) is 0. The molecule has 0 aliphatic rings.